The fraction of sp³-hybridized carbons (Fsp3) is 0.476. The summed E-state index contributed by atoms with van der Waals surface area (Å²) >= 11 is 0. The molecule has 0 amide bonds. The van der Waals surface area contributed by atoms with Gasteiger partial charge in [0.1, 0.15) is 11.5 Å². The average Bonchev–Trinajstić information content (AvgIpc) is 3.35. The minimum absolute atomic E-state index is 0.298. The lowest BCUT2D eigenvalue weighted by molar-refractivity contribution is -0.137. The van der Waals surface area contributed by atoms with Gasteiger partial charge >= 0.3 is 5.97 Å². The number of carbonyl (C=O) groups is 1. The molecule has 140 valence electrons. The third-order valence-electron chi connectivity index (χ3n) is 5.55. The number of aliphatic carboxylic acids is 1. The van der Waals surface area contributed by atoms with Gasteiger partial charge < -0.3 is 10.8 Å². The number of carboxylic acid groups (broad SMARTS) is 1. The van der Waals surface area contributed by atoms with Crippen molar-refractivity contribution >= 4 is 11.5 Å². The zero-order chi connectivity index (χ0) is 19.2. The number of halogens is 2. The zero-order valence-corrected chi connectivity index (χ0v) is 15.4. The molecule has 0 heterocycles. The van der Waals surface area contributed by atoms with Crippen molar-refractivity contribution in [3.8, 4) is 0 Å². The maximum absolute atomic E-state index is 15.8. The summed E-state index contributed by atoms with van der Waals surface area (Å²) in [6.07, 6.45) is 3.40. The van der Waals surface area contributed by atoms with Crippen LogP contribution in [-0.2, 0) is 4.79 Å². The van der Waals surface area contributed by atoms with Crippen LogP contribution in [0.4, 0.5) is 8.78 Å². The first-order valence-electron chi connectivity index (χ1n) is 8.98. The molecule has 0 saturated heterocycles. The highest BCUT2D eigenvalue weighted by molar-refractivity contribution is 5.79. The smallest absolute Gasteiger partial charge is 0.304 e. The maximum Gasteiger partial charge on any atom is 0.304 e. The topological polar surface area (TPSA) is 63.3 Å². The van der Waals surface area contributed by atoms with Gasteiger partial charge in [-0.1, -0.05) is 18.2 Å². The van der Waals surface area contributed by atoms with Crippen LogP contribution in [-0.4, -0.2) is 22.8 Å². The average molecular weight is 361 g/mol. The van der Waals surface area contributed by atoms with E-state index < -0.39 is 35.8 Å². The normalized spacial score (nSPS) is 27.3. The van der Waals surface area contributed by atoms with Gasteiger partial charge in [-0.3, -0.25) is 4.79 Å². The maximum atomic E-state index is 15.8. The Labute approximate surface area is 152 Å². The molecular weight excluding hydrogens is 336 g/mol. The quantitative estimate of drug-likeness (QED) is 0.802. The zero-order valence-electron chi connectivity index (χ0n) is 15.4. The summed E-state index contributed by atoms with van der Waals surface area (Å²) in [5.41, 5.74) is 7.38. The highest BCUT2D eigenvalue weighted by Gasteiger charge is 2.48. The van der Waals surface area contributed by atoms with E-state index in [2.05, 4.69) is 6.07 Å². The summed E-state index contributed by atoms with van der Waals surface area (Å²) in [7, 11) is 0. The Bertz CT molecular complexity index is 806. The lowest BCUT2D eigenvalue weighted by Gasteiger charge is -2.39. The molecule has 0 aliphatic heterocycles. The molecule has 1 fully saturated rings. The lowest BCUT2D eigenvalue weighted by atomic mass is 9.71. The number of alkyl halides is 1. The van der Waals surface area contributed by atoms with E-state index in [4.69, 9.17) is 10.8 Å². The Hall–Kier alpha value is -2.01. The van der Waals surface area contributed by atoms with Crippen LogP contribution in [0, 0.1) is 12.8 Å². The number of aryl methyl sites for hydroxylation is 1. The fourth-order valence-electron chi connectivity index (χ4n) is 3.99. The number of benzene rings is 1. The van der Waals surface area contributed by atoms with Crippen LogP contribution in [0.1, 0.15) is 55.7 Å². The molecule has 0 radical (unpaired) electrons. The van der Waals surface area contributed by atoms with E-state index in [0.29, 0.717) is 17.1 Å². The molecule has 1 aromatic carbocycles. The van der Waals surface area contributed by atoms with Crippen LogP contribution in [0.3, 0.4) is 0 Å². The number of hydrogen-bond donors (Lipinski definition) is 2. The summed E-state index contributed by atoms with van der Waals surface area (Å²) in [4.78, 5) is 11.0. The highest BCUT2D eigenvalue weighted by atomic mass is 19.2. The number of carboxylic acids is 1. The molecule has 0 aromatic heterocycles. The summed E-state index contributed by atoms with van der Waals surface area (Å²) < 4.78 is 30.6. The van der Waals surface area contributed by atoms with Gasteiger partial charge in [0.05, 0.1) is 12.3 Å². The minimum Gasteiger partial charge on any atom is -0.481 e. The largest absolute Gasteiger partial charge is 0.481 e. The standard InChI is InChI=1S/C21H25F2NO2/c1-11-8-14(13-4-5-13)6-7-15(11)16-9-12(2)20(22)19(21(16,3)23)17(24)10-18(25)26/h6-9,13,17,19H,4-5,10,24H2,1-3H3,(H,25,26). The second-order valence-corrected chi connectivity index (χ2v) is 7.75. The Kier molecular flexibility index (Phi) is 4.78. The molecule has 5 heteroatoms. The van der Waals surface area contributed by atoms with Crippen LogP contribution >= 0.6 is 0 Å². The highest BCUT2D eigenvalue weighted by Crippen LogP contribution is 2.49. The molecule has 1 saturated carbocycles. The Morgan fingerprint density at radius 1 is 1.38 bits per heavy atom. The summed E-state index contributed by atoms with van der Waals surface area (Å²) in [6, 6.07) is 4.82. The predicted molar refractivity (Wildman–Crippen MR) is 98.2 cm³/mol. The molecule has 2 aliphatic rings. The van der Waals surface area contributed by atoms with E-state index in [1.165, 1.54) is 31.4 Å². The van der Waals surface area contributed by atoms with Crippen molar-refractivity contribution in [2.75, 3.05) is 0 Å². The monoisotopic (exact) mass is 361 g/mol. The van der Waals surface area contributed by atoms with E-state index in [-0.39, 0.29) is 0 Å². The van der Waals surface area contributed by atoms with Crippen LogP contribution in [0.15, 0.2) is 35.7 Å². The van der Waals surface area contributed by atoms with Crippen molar-refractivity contribution in [3.63, 3.8) is 0 Å². The van der Waals surface area contributed by atoms with Crippen LogP contribution in [0.2, 0.25) is 0 Å². The van der Waals surface area contributed by atoms with Gasteiger partial charge in [-0.05, 0) is 73.4 Å². The van der Waals surface area contributed by atoms with E-state index in [0.717, 1.165) is 11.1 Å². The second kappa shape index (κ2) is 6.62. The van der Waals surface area contributed by atoms with Crippen LogP contribution < -0.4 is 5.73 Å². The van der Waals surface area contributed by atoms with E-state index in [1.54, 1.807) is 6.92 Å². The van der Waals surface area contributed by atoms with Gasteiger partial charge in [0.25, 0.3) is 0 Å². The van der Waals surface area contributed by atoms with Crippen LogP contribution in [0.5, 0.6) is 0 Å². The summed E-state index contributed by atoms with van der Waals surface area (Å²) in [5.74, 6) is -2.56. The van der Waals surface area contributed by atoms with Crippen molar-refractivity contribution in [2.24, 2.45) is 11.7 Å². The Morgan fingerprint density at radius 3 is 2.58 bits per heavy atom. The molecule has 26 heavy (non-hydrogen) atoms. The van der Waals surface area contributed by atoms with Gasteiger partial charge in [0.2, 0.25) is 0 Å². The van der Waals surface area contributed by atoms with E-state index in [1.807, 2.05) is 19.1 Å². The van der Waals surface area contributed by atoms with Crippen molar-refractivity contribution in [2.45, 2.75) is 57.7 Å². The molecule has 3 rings (SSSR count). The third kappa shape index (κ3) is 3.32. The number of nitrogens with two attached hydrogens (primary N) is 1. The fourth-order valence-corrected chi connectivity index (χ4v) is 3.99. The first-order chi connectivity index (χ1) is 12.1. The van der Waals surface area contributed by atoms with Gasteiger partial charge in [-0.15, -0.1) is 0 Å². The second-order valence-electron chi connectivity index (χ2n) is 7.75. The minimum atomic E-state index is -2.09. The summed E-state index contributed by atoms with van der Waals surface area (Å²) in [5, 5.41) is 9.00. The Balaban J connectivity index is 2.04. The molecule has 3 nitrogen and oxygen atoms in total. The van der Waals surface area contributed by atoms with Crippen molar-refractivity contribution in [3.05, 3.63) is 52.4 Å². The van der Waals surface area contributed by atoms with Crippen molar-refractivity contribution in [1.29, 1.82) is 0 Å². The predicted octanol–water partition coefficient (Wildman–Crippen LogP) is 4.66. The van der Waals surface area contributed by atoms with E-state index in [9.17, 15) is 9.18 Å². The Morgan fingerprint density at radius 2 is 2.04 bits per heavy atom. The first kappa shape index (κ1) is 18.8. The number of rotatable bonds is 5. The summed E-state index contributed by atoms with van der Waals surface area (Å²) in [6.45, 7) is 4.79. The first-order valence-corrected chi connectivity index (χ1v) is 8.98. The van der Waals surface area contributed by atoms with Gasteiger partial charge in [-0.25, -0.2) is 8.78 Å². The lowest BCUT2D eigenvalue weighted by Crippen LogP contribution is -2.47. The third-order valence-corrected chi connectivity index (χ3v) is 5.55. The van der Waals surface area contributed by atoms with Crippen molar-refractivity contribution in [1.82, 2.24) is 0 Å². The van der Waals surface area contributed by atoms with Gasteiger partial charge in [0, 0.05) is 6.04 Å². The molecule has 0 spiro atoms. The SMILES string of the molecule is CC1=C(F)C(C(N)CC(=O)O)C(C)(F)C(c2ccc(C3CC3)cc2C)=C1. The van der Waals surface area contributed by atoms with Crippen LogP contribution in [0.25, 0.3) is 5.57 Å². The molecule has 2 aliphatic carbocycles. The number of allylic oxidation sites excluding steroid dienone is 3. The molecule has 3 unspecified atom stereocenters. The van der Waals surface area contributed by atoms with Crippen molar-refractivity contribution < 1.29 is 18.7 Å². The van der Waals surface area contributed by atoms with Gasteiger partial charge in [-0.2, -0.15) is 0 Å². The molecule has 3 atom stereocenters. The molecule has 0 bridgehead atoms. The van der Waals surface area contributed by atoms with E-state index >= 15 is 4.39 Å². The van der Waals surface area contributed by atoms with Gasteiger partial charge in [0.15, 0.2) is 0 Å². The molecule has 3 N–H and O–H groups in total. The number of hydrogen-bond acceptors (Lipinski definition) is 2. The molecule has 1 aromatic rings. The molecular formula is C21H25F2NO2.